The summed E-state index contributed by atoms with van der Waals surface area (Å²) in [6.07, 6.45) is 0. The molecule has 0 amide bonds. The van der Waals surface area contributed by atoms with Gasteiger partial charge < -0.3 is 0 Å². The van der Waals surface area contributed by atoms with E-state index in [0.29, 0.717) is 0 Å². The monoisotopic (exact) mass is 280 g/mol. The van der Waals surface area contributed by atoms with Crippen LogP contribution in [0.15, 0.2) is 0 Å². The first-order valence-electron chi connectivity index (χ1n) is 2.50. The fourth-order valence-corrected chi connectivity index (χ4v) is 15.1. The normalized spacial score (nSPS) is 12.9. The van der Waals surface area contributed by atoms with Crippen molar-refractivity contribution in [3.63, 3.8) is 0 Å². The minimum atomic E-state index is -2.22. The van der Waals surface area contributed by atoms with Gasteiger partial charge in [0.15, 0.2) is 0 Å². The summed E-state index contributed by atoms with van der Waals surface area (Å²) in [7, 11) is 14.3. The van der Waals surface area contributed by atoms with E-state index >= 15 is 0 Å². The molecule has 7 heavy (non-hydrogen) atoms. The van der Waals surface area contributed by atoms with Crippen LogP contribution in [-0.4, -0.2) is 36.6 Å². The van der Waals surface area contributed by atoms with E-state index in [-0.39, 0.29) is 0 Å². The van der Waals surface area contributed by atoms with Crippen molar-refractivity contribution >= 4 is 54.5 Å². The van der Waals surface area contributed by atoms with Gasteiger partial charge in [-0.3, -0.25) is 0 Å². The molecule has 0 aromatic heterocycles. The van der Waals surface area contributed by atoms with Gasteiger partial charge in [0, 0.05) is 0 Å². The summed E-state index contributed by atoms with van der Waals surface area (Å²) < 4.78 is 2.42. The van der Waals surface area contributed by atoms with Crippen LogP contribution in [0.4, 0.5) is 0 Å². The van der Waals surface area contributed by atoms with E-state index in [1.807, 2.05) is 0 Å². The molecule has 0 aliphatic rings. The maximum atomic E-state index is 5.95. The van der Waals surface area contributed by atoms with Gasteiger partial charge in [-0.05, 0) is 0 Å². The first-order valence-corrected chi connectivity index (χ1v) is 16.6. The molecule has 0 atom stereocenters. The summed E-state index contributed by atoms with van der Waals surface area (Å²) in [4.78, 5) is 0. The standard InChI is InChI=1S/2CH5Si.2ClH.Sn/c2*1-2;;;/h2*1H2,2H3;2*1H;/q;;;;+2/p-2. The molecule has 0 aromatic carbocycles. The molecule has 0 heterocycles. The van der Waals surface area contributed by atoms with Crippen molar-refractivity contribution in [1.82, 2.24) is 0 Å². The van der Waals surface area contributed by atoms with Crippen LogP contribution in [0.5, 0.6) is 0 Å². The van der Waals surface area contributed by atoms with Crippen LogP contribution in [0.3, 0.4) is 0 Å². The Morgan fingerprint density at radius 2 is 1.43 bits per heavy atom. The zero-order valence-electron chi connectivity index (χ0n) is 4.67. The molecule has 0 aliphatic carbocycles. The van der Waals surface area contributed by atoms with Gasteiger partial charge in [0.2, 0.25) is 0 Å². The summed E-state index contributed by atoms with van der Waals surface area (Å²) in [5.74, 6) is 0. The predicted octanol–water partition coefficient (Wildman–Crippen LogP) is -0.448. The van der Waals surface area contributed by atoms with Crippen molar-refractivity contribution in [3.8, 4) is 0 Å². The van der Waals surface area contributed by atoms with Crippen LogP contribution < -0.4 is 0 Å². The van der Waals surface area contributed by atoms with Crippen molar-refractivity contribution in [2.45, 2.75) is 8.12 Å². The van der Waals surface area contributed by atoms with Gasteiger partial charge in [0.05, 0.1) is 0 Å². The molecule has 0 radical (unpaired) electrons. The van der Waals surface area contributed by atoms with E-state index in [1.165, 1.54) is 28.6 Å². The Morgan fingerprint density at radius 1 is 1.14 bits per heavy atom. The van der Waals surface area contributed by atoms with Gasteiger partial charge >= 0.3 is 62.6 Å². The molecule has 0 fully saturated rings. The summed E-state index contributed by atoms with van der Waals surface area (Å²) in [6.45, 7) is 0. The summed E-state index contributed by atoms with van der Waals surface area (Å²) in [5, 5.41) is 0. The van der Waals surface area contributed by atoms with Gasteiger partial charge in [0.25, 0.3) is 0 Å². The van der Waals surface area contributed by atoms with Crippen LogP contribution in [0.25, 0.3) is 0 Å². The van der Waals surface area contributed by atoms with Gasteiger partial charge in [-0.1, -0.05) is 0 Å². The predicted molar refractivity (Wildman–Crippen MR) is 47.0 cm³/mol. The average molecular weight is 280 g/mol. The van der Waals surface area contributed by atoms with Crippen LogP contribution in [0, 0.1) is 0 Å². The number of hydrogen-bond donors (Lipinski definition) is 0. The van der Waals surface area contributed by atoms with Crippen molar-refractivity contribution in [2.24, 2.45) is 0 Å². The van der Waals surface area contributed by atoms with Gasteiger partial charge in [-0.25, -0.2) is 0 Å². The Bertz CT molecular complexity index is 51.7. The van der Waals surface area contributed by atoms with Gasteiger partial charge in [-0.2, -0.15) is 0 Å². The Morgan fingerprint density at radius 3 is 1.43 bits per heavy atom. The van der Waals surface area contributed by atoms with E-state index in [9.17, 15) is 0 Å². The molecule has 0 rings (SSSR count). The molecule has 0 spiro atoms. The van der Waals surface area contributed by atoms with Gasteiger partial charge in [0.1, 0.15) is 0 Å². The zero-order chi connectivity index (χ0) is 5.91. The van der Waals surface area contributed by atoms with Crippen LogP contribution in [0.2, 0.25) is 8.12 Å². The van der Waals surface area contributed by atoms with Crippen molar-refractivity contribution in [2.75, 3.05) is 0 Å². The SMILES string of the molecule is [SiH3][CH2][Sn]([Cl])([Cl])[CH2][SiH3]. The van der Waals surface area contributed by atoms with Crippen LogP contribution >= 0.6 is 17.8 Å². The molecule has 0 N–H and O–H groups in total. The van der Waals surface area contributed by atoms with Crippen LogP contribution in [-0.2, 0) is 0 Å². The third-order valence-corrected chi connectivity index (χ3v) is 42.3. The molecular weight excluding hydrogens is 270 g/mol. The first-order chi connectivity index (χ1) is 3.12. The number of hydrogen-bond acceptors (Lipinski definition) is 0. The minimum absolute atomic E-state index is 1.21. The quantitative estimate of drug-likeness (QED) is 0.601. The van der Waals surface area contributed by atoms with E-state index in [4.69, 9.17) is 17.8 Å². The Balaban J connectivity index is 3.36. The molecule has 0 bridgehead atoms. The topological polar surface area (TPSA) is 0 Å². The second-order valence-electron chi connectivity index (χ2n) is 1.56. The fourth-order valence-electron chi connectivity index (χ4n) is 0.250. The molecule has 0 saturated heterocycles. The third-order valence-electron chi connectivity index (χ3n) is 1.03. The average Bonchev–Trinajstić information content (AvgIpc) is 1.68. The Labute approximate surface area is 62.1 Å². The molecule has 44 valence electrons. The number of rotatable bonds is 2. The molecular formula is C2H10Cl2Si2Sn. The zero-order valence-corrected chi connectivity index (χ0v) is 13.0. The third kappa shape index (κ3) is 4.32. The fraction of sp³-hybridized carbons (Fsp3) is 1.00. The maximum absolute atomic E-state index is 5.95. The molecule has 0 aromatic rings. The summed E-state index contributed by atoms with van der Waals surface area (Å²) in [6, 6.07) is 0. The molecule has 0 nitrogen and oxygen atoms in total. The molecule has 5 heteroatoms. The second kappa shape index (κ2) is 3.77. The van der Waals surface area contributed by atoms with Gasteiger partial charge in [-0.15, -0.1) is 0 Å². The summed E-state index contributed by atoms with van der Waals surface area (Å²) in [5.41, 5.74) is 0. The van der Waals surface area contributed by atoms with E-state index in [2.05, 4.69) is 0 Å². The summed E-state index contributed by atoms with van der Waals surface area (Å²) >= 11 is -2.22. The van der Waals surface area contributed by atoms with Crippen LogP contribution in [0.1, 0.15) is 0 Å². The molecule has 0 aliphatic heterocycles. The van der Waals surface area contributed by atoms with E-state index in [0.717, 1.165) is 0 Å². The first kappa shape index (κ1) is 8.81. The van der Waals surface area contributed by atoms with Crippen molar-refractivity contribution in [3.05, 3.63) is 0 Å². The molecule has 0 saturated carbocycles. The van der Waals surface area contributed by atoms with Crippen molar-refractivity contribution in [1.29, 1.82) is 0 Å². The number of halogens is 2. The Kier molecular flexibility index (Phi) is 4.74. The molecule has 0 unspecified atom stereocenters. The van der Waals surface area contributed by atoms with E-state index < -0.39 is 16.1 Å². The second-order valence-corrected chi connectivity index (χ2v) is 31.0. The Hall–Kier alpha value is 1.81. The van der Waals surface area contributed by atoms with E-state index in [1.54, 1.807) is 0 Å². The van der Waals surface area contributed by atoms with Crippen molar-refractivity contribution < 1.29 is 0 Å².